The molecule has 1 aliphatic rings. The van der Waals surface area contributed by atoms with Crippen LogP contribution in [0.3, 0.4) is 0 Å². The molecule has 0 spiro atoms. The number of hydrogen-bond donors (Lipinski definition) is 1. The van der Waals surface area contributed by atoms with Crippen molar-refractivity contribution in [1.82, 2.24) is 8.87 Å². The van der Waals surface area contributed by atoms with E-state index < -0.39 is 28.0 Å². The van der Waals surface area contributed by atoms with Crippen molar-refractivity contribution in [3.63, 3.8) is 0 Å². The fourth-order valence-corrected chi connectivity index (χ4v) is 5.20. The number of hydrogen-bond acceptors (Lipinski definition) is 5. The Bertz CT molecular complexity index is 1340. The summed E-state index contributed by atoms with van der Waals surface area (Å²) in [6.07, 6.45) is -3.72. The van der Waals surface area contributed by atoms with Crippen molar-refractivity contribution in [3.05, 3.63) is 59.0 Å². The van der Waals surface area contributed by atoms with Gasteiger partial charge in [-0.2, -0.15) is 13.2 Å². The van der Waals surface area contributed by atoms with Gasteiger partial charge in [0.15, 0.2) is 0 Å². The summed E-state index contributed by atoms with van der Waals surface area (Å²) in [6, 6.07) is 8.37. The van der Waals surface area contributed by atoms with Gasteiger partial charge in [0, 0.05) is 29.7 Å². The van der Waals surface area contributed by atoms with Crippen LogP contribution in [-0.4, -0.2) is 54.7 Å². The minimum absolute atomic E-state index is 0.00331. The number of benzene rings is 2. The van der Waals surface area contributed by atoms with Gasteiger partial charge in [-0.1, -0.05) is 17.7 Å². The highest BCUT2D eigenvalue weighted by Gasteiger charge is 2.38. The Balaban J connectivity index is 0.000000406. The molecule has 4 rings (SSSR count). The van der Waals surface area contributed by atoms with E-state index in [0.29, 0.717) is 28.3 Å². The van der Waals surface area contributed by atoms with Crippen LogP contribution in [0.15, 0.2) is 47.5 Å². The van der Waals surface area contributed by atoms with E-state index in [1.54, 1.807) is 12.1 Å². The number of rotatable bonds is 2. The third-order valence-electron chi connectivity index (χ3n) is 5.27. The average Bonchev–Trinajstić information content (AvgIpc) is 3.02. The monoisotopic (exact) mass is 522 g/mol. The first-order chi connectivity index (χ1) is 15.7. The van der Waals surface area contributed by atoms with Crippen molar-refractivity contribution in [2.45, 2.75) is 24.0 Å². The van der Waals surface area contributed by atoms with Crippen LogP contribution in [0, 0.1) is 5.82 Å². The van der Waals surface area contributed by atoms with E-state index in [1.165, 1.54) is 24.4 Å². The maximum absolute atomic E-state index is 13.6. The Hall–Kier alpha value is -2.83. The maximum atomic E-state index is 13.6. The molecule has 0 fully saturated rings. The minimum Gasteiger partial charge on any atom is -0.492 e. The molecule has 7 nitrogen and oxygen atoms in total. The highest BCUT2D eigenvalue weighted by Crippen LogP contribution is 2.42. The van der Waals surface area contributed by atoms with Crippen LogP contribution >= 0.6 is 11.6 Å². The van der Waals surface area contributed by atoms with E-state index in [1.807, 2.05) is 14.0 Å². The third kappa shape index (κ3) is 4.98. The number of fused-ring (bicyclic) bond motifs is 3. The number of carboxylic acids is 1. The SMILES string of the molecule is CC1c2c(ccc3c2c(Cl)cn3S(=O)(=O)c2cccc(F)c2)OCCN1C.O=C(O)C(F)(F)F. The number of aromatic nitrogens is 1. The van der Waals surface area contributed by atoms with E-state index in [9.17, 15) is 26.0 Å². The summed E-state index contributed by atoms with van der Waals surface area (Å²) < 4.78 is 78.4. The van der Waals surface area contributed by atoms with Crippen molar-refractivity contribution in [2.24, 2.45) is 0 Å². The first kappa shape index (κ1) is 25.8. The minimum atomic E-state index is -5.08. The van der Waals surface area contributed by atoms with Crippen LogP contribution in [-0.2, 0) is 14.8 Å². The van der Waals surface area contributed by atoms with Gasteiger partial charge < -0.3 is 9.84 Å². The highest BCUT2D eigenvalue weighted by molar-refractivity contribution is 7.90. The molecule has 1 atom stereocenters. The van der Waals surface area contributed by atoms with Crippen LogP contribution in [0.4, 0.5) is 17.6 Å². The zero-order valence-electron chi connectivity index (χ0n) is 17.8. The molecule has 3 aromatic rings. The van der Waals surface area contributed by atoms with E-state index in [-0.39, 0.29) is 10.9 Å². The molecule has 1 aromatic heterocycles. The Morgan fingerprint density at radius 1 is 1.24 bits per heavy atom. The zero-order chi connectivity index (χ0) is 25.4. The number of likely N-dealkylation sites (N-methyl/N-ethyl adjacent to an activating group) is 1. The van der Waals surface area contributed by atoms with Crippen LogP contribution in [0.25, 0.3) is 10.9 Å². The first-order valence-electron chi connectivity index (χ1n) is 9.73. The van der Waals surface area contributed by atoms with Crippen molar-refractivity contribution >= 4 is 38.5 Å². The van der Waals surface area contributed by atoms with Gasteiger partial charge in [0.2, 0.25) is 0 Å². The number of aliphatic carboxylic acids is 1. The van der Waals surface area contributed by atoms with Crippen LogP contribution in [0.2, 0.25) is 5.02 Å². The number of carboxylic acid groups (broad SMARTS) is 1. The predicted octanol–water partition coefficient (Wildman–Crippen LogP) is 4.69. The lowest BCUT2D eigenvalue weighted by atomic mass is 10.0. The topological polar surface area (TPSA) is 88.8 Å². The fraction of sp³-hybridized carbons (Fsp3) is 0.286. The molecule has 184 valence electrons. The van der Waals surface area contributed by atoms with Crippen molar-refractivity contribution in [1.29, 1.82) is 0 Å². The Kier molecular flexibility index (Phi) is 7.15. The quantitative estimate of drug-likeness (QED) is 0.491. The number of halogens is 5. The molecule has 1 N–H and O–H groups in total. The molecule has 0 amide bonds. The molecule has 0 aliphatic carbocycles. The second-order valence-electron chi connectivity index (χ2n) is 7.41. The van der Waals surface area contributed by atoms with Crippen LogP contribution in [0.5, 0.6) is 5.75 Å². The second-order valence-corrected chi connectivity index (χ2v) is 9.64. The molecule has 2 heterocycles. The number of nitrogens with zero attached hydrogens (tertiary/aromatic N) is 2. The lowest BCUT2D eigenvalue weighted by Crippen LogP contribution is -2.24. The maximum Gasteiger partial charge on any atom is 0.490 e. The fourth-order valence-electron chi connectivity index (χ4n) is 3.45. The molecule has 34 heavy (non-hydrogen) atoms. The van der Waals surface area contributed by atoms with Crippen molar-refractivity contribution in [2.75, 3.05) is 20.2 Å². The van der Waals surface area contributed by atoms with Gasteiger partial charge in [0.25, 0.3) is 10.0 Å². The van der Waals surface area contributed by atoms with Gasteiger partial charge >= 0.3 is 12.1 Å². The predicted molar refractivity (Wildman–Crippen MR) is 116 cm³/mol. The molecule has 2 aromatic carbocycles. The number of alkyl halides is 3. The molecular weight excluding hydrogens is 504 g/mol. The van der Waals surface area contributed by atoms with E-state index >= 15 is 0 Å². The van der Waals surface area contributed by atoms with E-state index in [4.69, 9.17) is 26.2 Å². The second kappa shape index (κ2) is 9.43. The van der Waals surface area contributed by atoms with Crippen LogP contribution < -0.4 is 4.74 Å². The summed E-state index contributed by atoms with van der Waals surface area (Å²) in [4.78, 5) is 10.9. The Labute approximate surface area is 197 Å². The first-order valence-corrected chi connectivity index (χ1v) is 11.5. The highest BCUT2D eigenvalue weighted by atomic mass is 35.5. The van der Waals surface area contributed by atoms with Gasteiger partial charge in [-0.3, -0.25) is 4.90 Å². The van der Waals surface area contributed by atoms with Crippen molar-refractivity contribution in [3.8, 4) is 5.75 Å². The lowest BCUT2D eigenvalue weighted by Gasteiger charge is -2.22. The van der Waals surface area contributed by atoms with Gasteiger partial charge in [-0.25, -0.2) is 21.6 Å². The van der Waals surface area contributed by atoms with Gasteiger partial charge in [0.05, 0.1) is 15.4 Å². The molecule has 0 saturated heterocycles. The number of carbonyl (C=O) groups is 1. The lowest BCUT2D eigenvalue weighted by molar-refractivity contribution is -0.192. The standard InChI is InChI=1S/C19H18ClFN2O3S.C2HF3O2/c1-12-18-17(26-9-8-22(12)2)7-6-16-19(18)15(20)11-23(16)27(24,25)14-5-3-4-13(21)10-14;3-2(4,5)1(6)7/h3-7,10-12H,8-9H2,1-2H3;(H,6,7). The molecule has 0 radical (unpaired) electrons. The zero-order valence-corrected chi connectivity index (χ0v) is 19.4. The van der Waals surface area contributed by atoms with Gasteiger partial charge in [-0.15, -0.1) is 0 Å². The molecule has 1 aliphatic heterocycles. The smallest absolute Gasteiger partial charge is 0.490 e. The third-order valence-corrected chi connectivity index (χ3v) is 7.22. The largest absolute Gasteiger partial charge is 0.492 e. The van der Waals surface area contributed by atoms with E-state index in [2.05, 4.69) is 4.90 Å². The summed E-state index contributed by atoms with van der Waals surface area (Å²) >= 11 is 6.47. The molecule has 1 unspecified atom stereocenters. The summed E-state index contributed by atoms with van der Waals surface area (Å²) in [5.74, 6) is -2.68. The van der Waals surface area contributed by atoms with Crippen molar-refractivity contribution < 1.29 is 40.6 Å². The normalized spacial score (nSPS) is 16.7. The average molecular weight is 523 g/mol. The Morgan fingerprint density at radius 3 is 2.47 bits per heavy atom. The molecular formula is C21H19ClF4N2O5S. The van der Waals surface area contributed by atoms with Gasteiger partial charge in [-0.05, 0) is 44.3 Å². The summed E-state index contributed by atoms with van der Waals surface area (Å²) in [5.41, 5.74) is 1.29. The van der Waals surface area contributed by atoms with Gasteiger partial charge in [0.1, 0.15) is 18.2 Å². The van der Waals surface area contributed by atoms with E-state index in [0.717, 1.165) is 22.1 Å². The molecule has 0 bridgehead atoms. The Morgan fingerprint density at radius 2 is 1.88 bits per heavy atom. The molecule has 13 heteroatoms. The van der Waals surface area contributed by atoms with Crippen LogP contribution in [0.1, 0.15) is 18.5 Å². The summed E-state index contributed by atoms with van der Waals surface area (Å²) in [5, 5.41) is 8.07. The summed E-state index contributed by atoms with van der Waals surface area (Å²) in [7, 11) is -2.01. The summed E-state index contributed by atoms with van der Waals surface area (Å²) in [6.45, 7) is 3.32. The number of ether oxygens (including phenoxy) is 1. The molecule has 0 saturated carbocycles.